The van der Waals surface area contributed by atoms with Gasteiger partial charge in [0, 0.05) is 37.7 Å². The molecule has 12 nitrogen and oxygen atoms in total. The van der Waals surface area contributed by atoms with Gasteiger partial charge in [-0.3, -0.25) is 14.4 Å². The van der Waals surface area contributed by atoms with Crippen LogP contribution in [0, 0.1) is 18.7 Å². The Labute approximate surface area is 262 Å². The summed E-state index contributed by atoms with van der Waals surface area (Å²) in [7, 11) is 0. The van der Waals surface area contributed by atoms with Crippen LogP contribution in [-0.2, 0) is 25.7 Å². The summed E-state index contributed by atoms with van der Waals surface area (Å²) in [6.45, 7) is 7.18. The number of hydrazine groups is 1. The molecule has 6 N–H and O–H groups in total. The summed E-state index contributed by atoms with van der Waals surface area (Å²) < 4.78 is 26.2. The van der Waals surface area contributed by atoms with Crippen molar-refractivity contribution in [2.75, 3.05) is 19.8 Å². The first kappa shape index (κ1) is 36.4. The molecule has 1 fully saturated rings. The van der Waals surface area contributed by atoms with Crippen LogP contribution in [0.3, 0.4) is 0 Å². The van der Waals surface area contributed by atoms with Crippen molar-refractivity contribution >= 4 is 29.1 Å². The van der Waals surface area contributed by atoms with Gasteiger partial charge >= 0.3 is 5.97 Å². The molecular formula is C30H45FN6O6S. The van der Waals surface area contributed by atoms with Crippen molar-refractivity contribution in [2.45, 2.75) is 79.4 Å². The van der Waals surface area contributed by atoms with Crippen LogP contribution in [0.1, 0.15) is 65.1 Å². The van der Waals surface area contributed by atoms with E-state index in [1.807, 2.05) is 13.8 Å². The molecule has 44 heavy (non-hydrogen) atoms. The number of nitrogens with two attached hydrogens (primary N) is 2. The molecule has 2 aromatic rings. The van der Waals surface area contributed by atoms with E-state index in [2.05, 4.69) is 10.3 Å². The molecule has 0 bridgehead atoms. The number of thiazole rings is 1. The van der Waals surface area contributed by atoms with Gasteiger partial charge in [-0.25, -0.2) is 15.2 Å². The Morgan fingerprint density at radius 3 is 2.66 bits per heavy atom. The number of ether oxygens (including phenoxy) is 2. The number of aliphatic hydroxyl groups is 1. The number of carbonyl (C=O) groups is 3. The van der Waals surface area contributed by atoms with E-state index in [9.17, 15) is 14.4 Å². The second-order valence-electron chi connectivity index (χ2n) is 10.6. The van der Waals surface area contributed by atoms with Gasteiger partial charge in [-0.2, -0.15) is 0 Å². The standard InChI is InChI=1S/C29H41FN6O6S.CH4/c1-17(2)25(36(32)15-23(31)41-13-6-5-12-37)29(40)35-11-7-8-22(35)28(39)33-14-20-9-10-21(27-18(3)34-16-43-27)24(30)26(20)42-19(4)38;/h9-10,15-17,22,25,37H,5-8,11-14,31-32H2,1-4H3,(H,33,39);1H4/b23-15+;. The van der Waals surface area contributed by atoms with Gasteiger partial charge in [0.2, 0.25) is 17.7 Å². The lowest BCUT2D eigenvalue weighted by Gasteiger charge is -2.34. The van der Waals surface area contributed by atoms with Crippen molar-refractivity contribution in [2.24, 2.45) is 17.5 Å². The Balaban J connectivity index is 0.00000675. The summed E-state index contributed by atoms with van der Waals surface area (Å²) in [5.74, 6) is 3.59. The molecule has 2 atom stereocenters. The second kappa shape index (κ2) is 16.9. The first-order chi connectivity index (χ1) is 20.5. The smallest absolute Gasteiger partial charge is 0.308 e. The number of aryl methyl sites for hydroxylation is 1. The fraction of sp³-hybridized carbons (Fsp3) is 0.533. The van der Waals surface area contributed by atoms with Crippen LogP contribution in [0.25, 0.3) is 10.4 Å². The summed E-state index contributed by atoms with van der Waals surface area (Å²) in [5.41, 5.74) is 8.69. The van der Waals surface area contributed by atoms with Gasteiger partial charge in [0.25, 0.3) is 0 Å². The lowest BCUT2D eigenvalue weighted by Crippen LogP contribution is -2.55. The van der Waals surface area contributed by atoms with Crippen molar-refractivity contribution in [1.82, 2.24) is 20.2 Å². The van der Waals surface area contributed by atoms with Crippen LogP contribution >= 0.6 is 11.3 Å². The van der Waals surface area contributed by atoms with Gasteiger partial charge in [0.05, 0.1) is 28.9 Å². The number of aromatic nitrogens is 1. The zero-order valence-corrected chi connectivity index (χ0v) is 25.8. The number of esters is 1. The fourth-order valence-corrected chi connectivity index (χ4v) is 5.75. The quantitative estimate of drug-likeness (QED) is 0.0602. The lowest BCUT2D eigenvalue weighted by molar-refractivity contribution is -0.143. The number of likely N-dealkylation sites (tertiary alicyclic amines) is 1. The summed E-state index contributed by atoms with van der Waals surface area (Å²) in [6.07, 6.45) is 3.57. The average molecular weight is 637 g/mol. The van der Waals surface area contributed by atoms with Crippen LogP contribution < -0.4 is 21.6 Å². The lowest BCUT2D eigenvalue weighted by atomic mass is 10.0. The van der Waals surface area contributed by atoms with E-state index in [0.717, 1.165) is 0 Å². The van der Waals surface area contributed by atoms with E-state index in [0.29, 0.717) is 49.4 Å². The molecule has 1 saturated heterocycles. The molecule has 1 aromatic heterocycles. The first-order valence-corrected chi connectivity index (χ1v) is 15.1. The Hall–Kier alpha value is -3.75. The van der Waals surface area contributed by atoms with Crippen LogP contribution in [0.15, 0.2) is 29.7 Å². The largest absolute Gasteiger partial charge is 0.478 e. The molecule has 2 heterocycles. The number of rotatable bonds is 14. The minimum Gasteiger partial charge on any atom is -0.478 e. The first-order valence-electron chi connectivity index (χ1n) is 14.2. The third-order valence-corrected chi connectivity index (χ3v) is 7.97. The molecule has 3 rings (SSSR count). The molecule has 2 unspecified atom stereocenters. The van der Waals surface area contributed by atoms with E-state index in [4.69, 9.17) is 26.2 Å². The third-order valence-electron chi connectivity index (χ3n) is 7.01. The predicted octanol–water partition coefficient (Wildman–Crippen LogP) is 3.17. The maximum Gasteiger partial charge on any atom is 0.308 e. The number of benzene rings is 1. The predicted molar refractivity (Wildman–Crippen MR) is 166 cm³/mol. The van der Waals surface area contributed by atoms with E-state index in [-0.39, 0.29) is 55.2 Å². The summed E-state index contributed by atoms with van der Waals surface area (Å²) in [4.78, 5) is 45.1. The van der Waals surface area contributed by atoms with Gasteiger partial charge in [-0.1, -0.05) is 27.3 Å². The molecule has 0 saturated carbocycles. The Bertz CT molecular complexity index is 1320. The highest BCUT2D eigenvalue weighted by molar-refractivity contribution is 7.13. The van der Waals surface area contributed by atoms with Gasteiger partial charge in [-0.15, -0.1) is 11.3 Å². The number of unbranched alkanes of at least 4 members (excludes halogenated alkanes) is 1. The highest BCUT2D eigenvalue weighted by Gasteiger charge is 2.39. The van der Waals surface area contributed by atoms with Crippen LogP contribution in [0.5, 0.6) is 5.75 Å². The third kappa shape index (κ3) is 9.13. The zero-order chi connectivity index (χ0) is 31.7. The number of carbonyl (C=O) groups excluding carboxylic acids is 3. The van der Waals surface area contributed by atoms with Gasteiger partial charge in [0.1, 0.15) is 12.1 Å². The number of nitrogens with one attached hydrogen (secondary N) is 1. The van der Waals surface area contributed by atoms with Crippen LogP contribution in [0.2, 0.25) is 0 Å². The SMILES string of the molecule is C.CC(=O)Oc1c(CNC(=O)C2CCCN2C(=O)C(C(C)C)N(N)/C=C(\N)OCCCCO)ccc(-c2scnc2C)c1F. The summed E-state index contributed by atoms with van der Waals surface area (Å²) in [5, 5.41) is 12.9. The van der Waals surface area contributed by atoms with Crippen molar-refractivity contribution in [3.8, 4) is 16.2 Å². The van der Waals surface area contributed by atoms with Crippen LogP contribution in [0.4, 0.5) is 4.39 Å². The van der Waals surface area contributed by atoms with E-state index >= 15 is 4.39 Å². The Morgan fingerprint density at radius 2 is 2.05 bits per heavy atom. The minimum absolute atomic E-state index is 0. The van der Waals surface area contributed by atoms with E-state index in [1.165, 1.54) is 34.4 Å². The summed E-state index contributed by atoms with van der Waals surface area (Å²) in [6, 6.07) is 1.57. The Morgan fingerprint density at radius 1 is 1.32 bits per heavy atom. The number of halogens is 1. The molecule has 14 heteroatoms. The fourth-order valence-electron chi connectivity index (χ4n) is 4.92. The van der Waals surface area contributed by atoms with E-state index < -0.39 is 29.8 Å². The molecular weight excluding hydrogens is 591 g/mol. The van der Waals surface area contributed by atoms with Crippen molar-refractivity contribution < 1.29 is 33.4 Å². The van der Waals surface area contributed by atoms with E-state index in [1.54, 1.807) is 24.6 Å². The highest BCUT2D eigenvalue weighted by atomic mass is 32.1. The Kier molecular flexibility index (Phi) is 14.0. The van der Waals surface area contributed by atoms with Gasteiger partial charge < -0.3 is 35.5 Å². The maximum absolute atomic E-state index is 15.6. The number of aliphatic hydroxyl groups excluding tert-OH is 1. The average Bonchev–Trinajstić information content (AvgIpc) is 3.60. The molecule has 1 aliphatic heterocycles. The summed E-state index contributed by atoms with van der Waals surface area (Å²) >= 11 is 1.27. The molecule has 0 spiro atoms. The molecule has 0 aliphatic carbocycles. The second-order valence-corrected chi connectivity index (χ2v) is 11.5. The van der Waals surface area contributed by atoms with Gasteiger partial charge in [0.15, 0.2) is 11.6 Å². The molecule has 244 valence electrons. The maximum atomic E-state index is 15.6. The van der Waals surface area contributed by atoms with Crippen molar-refractivity contribution in [3.63, 3.8) is 0 Å². The molecule has 2 amide bonds. The van der Waals surface area contributed by atoms with Crippen molar-refractivity contribution in [3.05, 3.63) is 46.8 Å². The number of nitrogens with zero attached hydrogens (tertiary/aromatic N) is 3. The number of hydrogen-bond donors (Lipinski definition) is 4. The minimum atomic E-state index is -0.819. The van der Waals surface area contributed by atoms with Crippen molar-refractivity contribution in [1.29, 1.82) is 0 Å². The molecule has 0 radical (unpaired) electrons. The zero-order valence-electron chi connectivity index (χ0n) is 25.0. The number of hydrogen-bond acceptors (Lipinski definition) is 11. The van der Waals surface area contributed by atoms with Crippen LogP contribution in [-0.4, -0.2) is 69.6 Å². The molecule has 1 aliphatic rings. The monoisotopic (exact) mass is 636 g/mol. The normalized spacial score (nSPS) is 15.5. The molecule has 1 aromatic carbocycles. The van der Waals surface area contributed by atoms with Gasteiger partial charge in [-0.05, 0) is 44.6 Å². The highest BCUT2D eigenvalue weighted by Crippen LogP contribution is 2.36. The topological polar surface area (TPSA) is 173 Å². The number of amides is 2.